The summed E-state index contributed by atoms with van der Waals surface area (Å²) in [5.41, 5.74) is 0.553. The predicted molar refractivity (Wildman–Crippen MR) is 182 cm³/mol. The first-order valence-electron chi connectivity index (χ1n) is 17.5. The molecule has 2 aliphatic carbocycles. The lowest BCUT2D eigenvalue weighted by molar-refractivity contribution is -0.139. The minimum absolute atomic E-state index is 0.0635. The van der Waals surface area contributed by atoms with E-state index < -0.39 is 69.3 Å². The van der Waals surface area contributed by atoms with Crippen LogP contribution in [0.3, 0.4) is 0 Å². The van der Waals surface area contributed by atoms with Crippen LogP contribution in [-0.2, 0) is 47.3 Å². The molecule has 4 atom stereocenters. The number of carbonyl (C=O) groups is 5. The highest BCUT2D eigenvalue weighted by atomic mass is 32.2. The van der Waals surface area contributed by atoms with E-state index in [9.17, 15) is 32.4 Å². The van der Waals surface area contributed by atoms with E-state index in [1.807, 2.05) is 45.0 Å². The number of nitrogens with zero attached hydrogens (tertiary/aromatic N) is 2. The average Bonchev–Trinajstić information content (AvgIpc) is 3.97. The highest BCUT2D eigenvalue weighted by Gasteiger charge is 2.62. The Hall–Kier alpha value is -4.14. The minimum atomic E-state index is -3.86. The van der Waals surface area contributed by atoms with Crippen molar-refractivity contribution < 1.29 is 41.9 Å². The first-order chi connectivity index (χ1) is 23.6. The van der Waals surface area contributed by atoms with E-state index in [-0.39, 0.29) is 37.3 Å². The number of amides is 4. The van der Waals surface area contributed by atoms with Crippen molar-refractivity contribution in [3.05, 3.63) is 35.5 Å². The maximum Gasteiger partial charge on any atom is 0.407 e. The first kappa shape index (κ1) is 35.7. The smallest absolute Gasteiger partial charge is 0.407 e. The lowest BCUT2D eigenvalue weighted by atomic mass is 9.87. The predicted octanol–water partition coefficient (Wildman–Crippen LogP) is 2.68. The molecule has 4 amide bonds. The Balaban J connectivity index is 1.25. The summed E-state index contributed by atoms with van der Waals surface area (Å²) in [6, 6.07) is 6.60. The van der Waals surface area contributed by atoms with Gasteiger partial charge in [-0.1, -0.05) is 45.7 Å². The largest absolute Gasteiger partial charge is 0.456 e. The van der Waals surface area contributed by atoms with Crippen molar-refractivity contribution in [2.45, 2.75) is 101 Å². The van der Waals surface area contributed by atoms with Crippen LogP contribution in [0, 0.1) is 11.3 Å². The molecular weight excluding hydrogens is 666 g/mol. The van der Waals surface area contributed by atoms with E-state index in [4.69, 9.17) is 9.47 Å². The maximum absolute atomic E-state index is 13.9. The second kappa shape index (κ2) is 13.5. The number of esters is 1. The summed E-state index contributed by atoms with van der Waals surface area (Å²) in [4.78, 5) is 68.3. The van der Waals surface area contributed by atoms with Crippen molar-refractivity contribution >= 4 is 50.7 Å². The highest BCUT2D eigenvalue weighted by molar-refractivity contribution is 7.91. The number of benzene rings is 1. The van der Waals surface area contributed by atoms with E-state index in [1.165, 1.54) is 4.90 Å². The Kier molecular flexibility index (Phi) is 9.66. The van der Waals surface area contributed by atoms with Gasteiger partial charge in [-0.15, -0.1) is 0 Å². The van der Waals surface area contributed by atoms with Gasteiger partial charge in [-0.2, -0.15) is 0 Å². The van der Waals surface area contributed by atoms with Gasteiger partial charge in [0, 0.05) is 24.4 Å². The van der Waals surface area contributed by atoms with Gasteiger partial charge in [-0.05, 0) is 67.6 Å². The number of carbonyl (C=O) groups excluding carboxylic acids is 5. The molecule has 2 aromatic rings. The number of hydrogen-bond acceptors (Lipinski definition) is 9. The van der Waals surface area contributed by atoms with E-state index in [0.29, 0.717) is 25.0 Å². The maximum atomic E-state index is 13.9. The Morgan fingerprint density at radius 2 is 1.88 bits per heavy atom. The number of nitrogens with one attached hydrogen (secondary N) is 3. The number of alkyl carbamates (subject to hydrolysis) is 1. The Bertz CT molecular complexity index is 1820. The summed E-state index contributed by atoms with van der Waals surface area (Å²) in [6.07, 6.45) is 3.39. The second-order valence-corrected chi connectivity index (χ2v) is 17.0. The van der Waals surface area contributed by atoms with E-state index in [1.54, 1.807) is 11.6 Å². The first-order valence-corrected chi connectivity index (χ1v) is 19.1. The van der Waals surface area contributed by atoms with Gasteiger partial charge in [0.2, 0.25) is 21.8 Å². The minimum Gasteiger partial charge on any atom is -0.456 e. The van der Waals surface area contributed by atoms with Crippen LogP contribution in [0.15, 0.2) is 24.3 Å². The molecule has 15 heteroatoms. The Labute approximate surface area is 292 Å². The lowest BCUT2D eigenvalue weighted by Crippen LogP contribution is -2.57. The Morgan fingerprint density at radius 3 is 2.58 bits per heavy atom. The second-order valence-electron chi connectivity index (χ2n) is 15.0. The quantitative estimate of drug-likeness (QED) is 0.379. The van der Waals surface area contributed by atoms with Crippen LogP contribution in [0.25, 0.3) is 10.9 Å². The number of aryl methyl sites for hydroxylation is 2. The molecule has 14 nitrogen and oxygen atoms in total. The zero-order valence-electron chi connectivity index (χ0n) is 29.1. The molecule has 0 spiro atoms. The molecule has 50 heavy (non-hydrogen) atoms. The number of cyclic esters (lactones) is 1. The van der Waals surface area contributed by atoms with Crippen LogP contribution in [-0.4, -0.2) is 90.3 Å². The van der Waals surface area contributed by atoms with Crippen molar-refractivity contribution in [2.75, 3.05) is 19.7 Å². The van der Waals surface area contributed by atoms with Gasteiger partial charge in [-0.3, -0.25) is 19.1 Å². The van der Waals surface area contributed by atoms with E-state index in [0.717, 1.165) is 42.1 Å². The molecule has 1 aromatic heterocycles. The molecule has 3 N–H and O–H groups in total. The monoisotopic (exact) mass is 713 g/mol. The topological polar surface area (TPSA) is 182 Å². The molecule has 3 heterocycles. The third-order valence-electron chi connectivity index (χ3n) is 10.6. The molecule has 2 aliphatic heterocycles. The van der Waals surface area contributed by atoms with Crippen molar-refractivity contribution in [1.29, 1.82) is 0 Å². The van der Waals surface area contributed by atoms with Gasteiger partial charge >= 0.3 is 12.1 Å². The third-order valence-corrected chi connectivity index (χ3v) is 12.4. The van der Waals surface area contributed by atoms with Gasteiger partial charge < -0.3 is 29.6 Å². The number of rotatable bonds is 6. The summed E-state index contributed by atoms with van der Waals surface area (Å²) in [6.45, 7) is 5.41. The molecule has 3 fully saturated rings. The van der Waals surface area contributed by atoms with E-state index in [2.05, 4.69) is 15.4 Å². The normalized spacial score (nSPS) is 27.6. The number of fused-ring (bicyclic) bond motifs is 3. The summed E-state index contributed by atoms with van der Waals surface area (Å²) in [5.74, 6) is -2.99. The Morgan fingerprint density at radius 1 is 1.12 bits per heavy atom. The molecule has 6 rings (SSSR count). The van der Waals surface area contributed by atoms with Gasteiger partial charge in [0.05, 0.1) is 18.4 Å². The molecule has 4 bridgehead atoms. The molecule has 2 saturated carbocycles. The third kappa shape index (κ3) is 7.33. The van der Waals surface area contributed by atoms with Crippen LogP contribution in [0.2, 0.25) is 0 Å². The van der Waals surface area contributed by atoms with Crippen molar-refractivity contribution in [3.63, 3.8) is 0 Å². The van der Waals surface area contributed by atoms with Gasteiger partial charge in [-0.25, -0.2) is 18.0 Å². The summed E-state index contributed by atoms with van der Waals surface area (Å²) in [5, 5.41) is 5.57. The van der Waals surface area contributed by atoms with Crippen molar-refractivity contribution in [2.24, 2.45) is 18.4 Å². The summed E-state index contributed by atoms with van der Waals surface area (Å²) < 4.78 is 40.5. The molecule has 1 aromatic carbocycles. The van der Waals surface area contributed by atoms with Gasteiger partial charge in [0.1, 0.15) is 29.9 Å². The number of hydrogen-bond donors (Lipinski definition) is 3. The standard InChI is InChI=1S/C35H47N5O9S/c1-5-22-17-35(22,32(44)38-50(46,47)24-12-13-24)37-30(42)27-15-23-19-40(27)29(41)18-36-33(45)48-20-34(2,3)14-7-6-9-21-10-8-11-26-25(21)16-28(39(26)4)31(43)49-23/h8,10-11,16,22-24,27H,5-7,9,12-15,17-20H2,1-4H3,(H,36,45)(H,37,42)(H,38,44)/t22-,23+,27-,35+/m0/s1. The molecule has 4 aliphatic rings. The van der Waals surface area contributed by atoms with Crippen molar-refractivity contribution in [1.82, 2.24) is 24.8 Å². The summed E-state index contributed by atoms with van der Waals surface area (Å²) >= 11 is 0. The SMILES string of the molecule is CC[C@H]1C[C@]1(NC(=O)[C@@H]1C[C@@H]2CN1C(=O)CNC(=O)OCC(C)(C)CCCCc1cccc3c1cc(n3C)C(=O)O2)C(=O)NS(=O)(=O)C1CC1. The van der Waals surface area contributed by atoms with Crippen LogP contribution in [0.4, 0.5) is 4.79 Å². The fraction of sp³-hybridized carbons (Fsp3) is 0.629. The van der Waals surface area contributed by atoms with Crippen LogP contribution >= 0.6 is 0 Å². The van der Waals surface area contributed by atoms with Crippen LogP contribution in [0.1, 0.15) is 88.2 Å². The average molecular weight is 714 g/mol. The van der Waals surface area contributed by atoms with Crippen LogP contribution in [0.5, 0.6) is 0 Å². The fourth-order valence-corrected chi connectivity index (χ4v) is 8.67. The van der Waals surface area contributed by atoms with Crippen molar-refractivity contribution in [3.8, 4) is 0 Å². The zero-order chi connectivity index (χ0) is 36.0. The van der Waals surface area contributed by atoms with E-state index >= 15 is 0 Å². The fourth-order valence-electron chi connectivity index (χ4n) is 7.30. The molecule has 272 valence electrons. The number of ether oxygens (including phenoxy) is 2. The highest BCUT2D eigenvalue weighted by Crippen LogP contribution is 2.47. The van der Waals surface area contributed by atoms with Gasteiger partial charge in [0.15, 0.2) is 0 Å². The summed E-state index contributed by atoms with van der Waals surface area (Å²) in [7, 11) is -2.07. The number of sulfonamides is 1. The molecule has 0 radical (unpaired) electrons. The molecule has 0 unspecified atom stereocenters. The molecular formula is C35H47N5O9S. The lowest BCUT2D eigenvalue weighted by Gasteiger charge is -2.27. The zero-order valence-corrected chi connectivity index (χ0v) is 29.9. The van der Waals surface area contributed by atoms with Gasteiger partial charge in [0.25, 0.3) is 5.91 Å². The molecule has 1 saturated heterocycles. The van der Waals surface area contributed by atoms with Crippen LogP contribution < -0.4 is 15.4 Å². The number of aromatic nitrogens is 1.